The van der Waals surface area contributed by atoms with Crippen molar-refractivity contribution in [3.8, 4) is 0 Å². The zero-order chi connectivity index (χ0) is 10.0. The summed E-state index contributed by atoms with van der Waals surface area (Å²) in [7, 11) is 0. The summed E-state index contributed by atoms with van der Waals surface area (Å²) in [5, 5.41) is 3.46. The van der Waals surface area contributed by atoms with Gasteiger partial charge in [-0.15, -0.1) is 0 Å². The maximum atomic E-state index is 5.75. The van der Waals surface area contributed by atoms with Crippen LogP contribution >= 0.6 is 0 Å². The molecule has 0 amide bonds. The Labute approximate surface area is 85.3 Å². The predicted octanol–water partition coefficient (Wildman–Crippen LogP) is 1.95. The van der Waals surface area contributed by atoms with Gasteiger partial charge in [-0.3, -0.25) is 5.32 Å². The second-order valence-corrected chi connectivity index (χ2v) is 4.25. The monoisotopic (exact) mass is 191 g/mol. The molecule has 2 unspecified atom stereocenters. The Bertz CT molecular complexity index is 298. The molecule has 0 spiro atoms. The first kappa shape index (κ1) is 9.69. The highest BCUT2D eigenvalue weighted by Crippen LogP contribution is 2.20. The van der Waals surface area contributed by atoms with Crippen LogP contribution in [0.5, 0.6) is 0 Å². The summed E-state index contributed by atoms with van der Waals surface area (Å²) in [5.74, 6) is 0. The lowest BCUT2D eigenvalue weighted by Gasteiger charge is -2.24. The van der Waals surface area contributed by atoms with Crippen LogP contribution in [0.1, 0.15) is 19.4 Å². The SMILES string of the molecule is CC1COC(C)(Cc2ccccc2)N1. The van der Waals surface area contributed by atoms with E-state index < -0.39 is 0 Å². The average Bonchev–Trinajstić information content (AvgIpc) is 2.47. The van der Waals surface area contributed by atoms with Crippen molar-refractivity contribution in [2.75, 3.05) is 6.61 Å². The Balaban J connectivity index is 2.04. The first-order valence-corrected chi connectivity index (χ1v) is 5.13. The van der Waals surface area contributed by atoms with E-state index in [1.807, 2.05) is 6.07 Å². The molecule has 1 heterocycles. The third kappa shape index (κ3) is 2.14. The largest absolute Gasteiger partial charge is 0.359 e. The molecular formula is C12H17NO. The Hall–Kier alpha value is -0.860. The number of ether oxygens (including phenoxy) is 1. The molecule has 0 saturated carbocycles. The molecule has 2 atom stereocenters. The Morgan fingerprint density at radius 2 is 2.14 bits per heavy atom. The molecule has 1 aromatic rings. The van der Waals surface area contributed by atoms with Gasteiger partial charge in [0.1, 0.15) is 5.72 Å². The summed E-state index contributed by atoms with van der Waals surface area (Å²) in [4.78, 5) is 0. The molecule has 76 valence electrons. The third-order valence-corrected chi connectivity index (χ3v) is 2.59. The molecule has 2 heteroatoms. The minimum absolute atomic E-state index is 0.180. The lowest BCUT2D eigenvalue weighted by atomic mass is 10.0. The standard InChI is InChI=1S/C12H17NO/c1-10-9-14-12(2,13-10)8-11-6-4-3-5-7-11/h3-7,10,13H,8-9H2,1-2H3. The van der Waals surface area contributed by atoms with Crippen LogP contribution < -0.4 is 5.32 Å². The highest BCUT2D eigenvalue weighted by atomic mass is 16.5. The minimum Gasteiger partial charge on any atom is -0.359 e. The number of nitrogens with one attached hydrogen (secondary N) is 1. The number of benzene rings is 1. The van der Waals surface area contributed by atoms with E-state index in [1.165, 1.54) is 5.56 Å². The van der Waals surface area contributed by atoms with Crippen LogP contribution in [0.15, 0.2) is 30.3 Å². The van der Waals surface area contributed by atoms with Gasteiger partial charge in [-0.25, -0.2) is 0 Å². The second kappa shape index (κ2) is 3.71. The molecule has 0 aromatic heterocycles. The summed E-state index contributed by atoms with van der Waals surface area (Å²) < 4.78 is 5.75. The molecular weight excluding hydrogens is 174 g/mol. The summed E-state index contributed by atoms with van der Waals surface area (Å²) in [6, 6.07) is 10.9. The average molecular weight is 191 g/mol. The van der Waals surface area contributed by atoms with Gasteiger partial charge in [-0.2, -0.15) is 0 Å². The molecule has 0 bridgehead atoms. The smallest absolute Gasteiger partial charge is 0.120 e. The quantitative estimate of drug-likeness (QED) is 0.771. The van der Waals surface area contributed by atoms with E-state index in [0.29, 0.717) is 6.04 Å². The summed E-state index contributed by atoms with van der Waals surface area (Å²) in [6.07, 6.45) is 0.929. The van der Waals surface area contributed by atoms with Gasteiger partial charge >= 0.3 is 0 Å². The topological polar surface area (TPSA) is 21.3 Å². The Kier molecular flexibility index (Phi) is 2.57. The fraction of sp³-hybridized carbons (Fsp3) is 0.500. The molecule has 2 nitrogen and oxygen atoms in total. The summed E-state index contributed by atoms with van der Waals surface area (Å²) in [5.41, 5.74) is 1.14. The van der Waals surface area contributed by atoms with Gasteiger partial charge in [0.05, 0.1) is 6.61 Å². The third-order valence-electron chi connectivity index (χ3n) is 2.59. The number of hydrogen-bond acceptors (Lipinski definition) is 2. The van der Waals surface area contributed by atoms with E-state index in [-0.39, 0.29) is 5.72 Å². The van der Waals surface area contributed by atoms with E-state index in [9.17, 15) is 0 Å². The van der Waals surface area contributed by atoms with Crippen molar-refractivity contribution in [3.63, 3.8) is 0 Å². The van der Waals surface area contributed by atoms with Crippen LogP contribution in [-0.2, 0) is 11.2 Å². The van der Waals surface area contributed by atoms with Crippen molar-refractivity contribution in [3.05, 3.63) is 35.9 Å². The Morgan fingerprint density at radius 1 is 1.43 bits per heavy atom. The normalized spacial score (nSPS) is 32.0. The zero-order valence-corrected chi connectivity index (χ0v) is 8.79. The van der Waals surface area contributed by atoms with Crippen molar-refractivity contribution < 1.29 is 4.74 Å². The predicted molar refractivity (Wildman–Crippen MR) is 57.1 cm³/mol. The number of rotatable bonds is 2. The van der Waals surface area contributed by atoms with Crippen molar-refractivity contribution >= 4 is 0 Å². The molecule has 14 heavy (non-hydrogen) atoms. The molecule has 0 radical (unpaired) electrons. The van der Waals surface area contributed by atoms with Crippen molar-refractivity contribution in [2.24, 2.45) is 0 Å². The molecule has 1 fully saturated rings. The van der Waals surface area contributed by atoms with E-state index in [1.54, 1.807) is 0 Å². The van der Waals surface area contributed by atoms with Crippen LogP contribution in [-0.4, -0.2) is 18.4 Å². The highest BCUT2D eigenvalue weighted by molar-refractivity contribution is 5.17. The van der Waals surface area contributed by atoms with Gasteiger partial charge in [0.15, 0.2) is 0 Å². The van der Waals surface area contributed by atoms with E-state index in [0.717, 1.165) is 13.0 Å². The molecule has 1 aliphatic heterocycles. The molecule has 0 aliphatic carbocycles. The molecule has 2 rings (SSSR count). The van der Waals surface area contributed by atoms with Crippen LogP contribution in [0.25, 0.3) is 0 Å². The van der Waals surface area contributed by atoms with E-state index in [4.69, 9.17) is 4.74 Å². The number of hydrogen-bond donors (Lipinski definition) is 1. The molecule has 1 aliphatic rings. The molecule has 1 saturated heterocycles. The van der Waals surface area contributed by atoms with Gasteiger partial charge in [-0.1, -0.05) is 30.3 Å². The Morgan fingerprint density at radius 3 is 2.71 bits per heavy atom. The maximum Gasteiger partial charge on any atom is 0.120 e. The van der Waals surface area contributed by atoms with Crippen LogP contribution in [0.3, 0.4) is 0 Å². The highest BCUT2D eigenvalue weighted by Gasteiger charge is 2.32. The second-order valence-electron chi connectivity index (χ2n) is 4.25. The van der Waals surface area contributed by atoms with E-state index in [2.05, 4.69) is 43.4 Å². The fourth-order valence-electron chi connectivity index (χ4n) is 2.00. The fourth-order valence-corrected chi connectivity index (χ4v) is 2.00. The van der Waals surface area contributed by atoms with Crippen LogP contribution in [0.4, 0.5) is 0 Å². The maximum absolute atomic E-state index is 5.75. The van der Waals surface area contributed by atoms with Crippen LogP contribution in [0, 0.1) is 0 Å². The van der Waals surface area contributed by atoms with Gasteiger partial charge in [0.2, 0.25) is 0 Å². The van der Waals surface area contributed by atoms with Gasteiger partial charge in [0, 0.05) is 12.5 Å². The lowest BCUT2D eigenvalue weighted by Crippen LogP contribution is -2.42. The van der Waals surface area contributed by atoms with Crippen molar-refractivity contribution in [1.29, 1.82) is 0 Å². The minimum atomic E-state index is -0.180. The first-order chi connectivity index (χ1) is 6.68. The summed E-state index contributed by atoms with van der Waals surface area (Å²) in [6.45, 7) is 5.07. The van der Waals surface area contributed by atoms with Crippen molar-refractivity contribution in [2.45, 2.75) is 32.0 Å². The first-order valence-electron chi connectivity index (χ1n) is 5.13. The zero-order valence-electron chi connectivity index (χ0n) is 8.79. The van der Waals surface area contributed by atoms with E-state index >= 15 is 0 Å². The summed E-state index contributed by atoms with van der Waals surface area (Å²) >= 11 is 0. The van der Waals surface area contributed by atoms with Gasteiger partial charge < -0.3 is 4.74 Å². The van der Waals surface area contributed by atoms with Gasteiger partial charge in [-0.05, 0) is 19.4 Å². The molecule has 1 aromatic carbocycles. The van der Waals surface area contributed by atoms with Crippen LogP contribution in [0.2, 0.25) is 0 Å². The molecule has 1 N–H and O–H groups in total. The lowest BCUT2D eigenvalue weighted by molar-refractivity contribution is 0.00690. The van der Waals surface area contributed by atoms with Gasteiger partial charge in [0.25, 0.3) is 0 Å². The van der Waals surface area contributed by atoms with Crippen molar-refractivity contribution in [1.82, 2.24) is 5.32 Å².